The minimum absolute atomic E-state index is 0.0296. The smallest absolute Gasteiger partial charge is 0.338 e. The maximum atomic E-state index is 11.8. The summed E-state index contributed by atoms with van der Waals surface area (Å²) in [4.78, 5) is 23.6. The number of rotatable bonds is 4. The van der Waals surface area contributed by atoms with Crippen LogP contribution in [-0.2, 0) is 9.47 Å². The van der Waals surface area contributed by atoms with Gasteiger partial charge in [-0.15, -0.1) is 0 Å². The van der Waals surface area contributed by atoms with Gasteiger partial charge >= 0.3 is 11.9 Å². The summed E-state index contributed by atoms with van der Waals surface area (Å²) in [5, 5.41) is 0.785. The van der Waals surface area contributed by atoms with Gasteiger partial charge < -0.3 is 14.2 Å². The molecule has 0 saturated carbocycles. The molecule has 0 unspecified atom stereocenters. The molecule has 0 heterocycles. The molecule has 0 amide bonds. The van der Waals surface area contributed by atoms with Gasteiger partial charge in [-0.05, 0) is 36.4 Å². The van der Waals surface area contributed by atoms with Crippen LogP contribution < -0.4 is 4.74 Å². The van der Waals surface area contributed by atoms with E-state index in [1.165, 1.54) is 38.5 Å². The molecule has 7 heteroatoms. The lowest BCUT2D eigenvalue weighted by atomic mass is 10.1. The Hall–Kier alpha value is -2.24. The van der Waals surface area contributed by atoms with Crippen LogP contribution in [0.2, 0.25) is 10.0 Å². The van der Waals surface area contributed by atoms with E-state index in [2.05, 4.69) is 9.47 Å². The summed E-state index contributed by atoms with van der Waals surface area (Å²) in [6.07, 6.45) is 0. The Kier molecular flexibility index (Phi) is 5.47. The maximum absolute atomic E-state index is 11.8. The average molecular weight is 355 g/mol. The Labute approximate surface area is 142 Å². The highest BCUT2D eigenvalue weighted by Gasteiger charge is 2.19. The minimum atomic E-state index is -0.682. The molecule has 0 bridgehead atoms. The van der Waals surface area contributed by atoms with Crippen LogP contribution in [0.4, 0.5) is 0 Å². The van der Waals surface area contributed by atoms with Crippen molar-refractivity contribution in [3.8, 4) is 11.5 Å². The van der Waals surface area contributed by atoms with E-state index in [1.54, 1.807) is 12.1 Å². The molecule has 120 valence electrons. The Morgan fingerprint density at radius 3 is 2.13 bits per heavy atom. The predicted molar refractivity (Wildman–Crippen MR) is 85.7 cm³/mol. The van der Waals surface area contributed by atoms with Gasteiger partial charge in [0.05, 0.1) is 30.4 Å². The SMILES string of the molecule is COC(=O)c1ccc(Oc2ccc(Cl)cc2Cl)cc1C(=O)OC. The lowest BCUT2D eigenvalue weighted by Crippen LogP contribution is -2.11. The van der Waals surface area contributed by atoms with Gasteiger partial charge in [0.15, 0.2) is 0 Å². The van der Waals surface area contributed by atoms with Gasteiger partial charge in [0.25, 0.3) is 0 Å². The van der Waals surface area contributed by atoms with E-state index < -0.39 is 11.9 Å². The normalized spacial score (nSPS) is 10.1. The van der Waals surface area contributed by atoms with Crippen molar-refractivity contribution in [3.05, 3.63) is 57.6 Å². The molecule has 0 aliphatic rings. The fourth-order valence-electron chi connectivity index (χ4n) is 1.84. The van der Waals surface area contributed by atoms with Gasteiger partial charge in [-0.25, -0.2) is 9.59 Å². The second kappa shape index (κ2) is 7.35. The first-order valence-corrected chi connectivity index (χ1v) is 7.15. The van der Waals surface area contributed by atoms with Crippen LogP contribution in [0.1, 0.15) is 20.7 Å². The van der Waals surface area contributed by atoms with Crippen molar-refractivity contribution in [1.29, 1.82) is 0 Å². The van der Waals surface area contributed by atoms with Crippen molar-refractivity contribution < 1.29 is 23.8 Å². The van der Waals surface area contributed by atoms with E-state index in [9.17, 15) is 9.59 Å². The molecule has 0 fully saturated rings. The highest BCUT2D eigenvalue weighted by Crippen LogP contribution is 2.32. The maximum Gasteiger partial charge on any atom is 0.338 e. The van der Waals surface area contributed by atoms with Crippen molar-refractivity contribution in [1.82, 2.24) is 0 Å². The molecular formula is C16H12Cl2O5. The molecule has 0 radical (unpaired) electrons. The zero-order chi connectivity index (χ0) is 17.0. The molecule has 0 aliphatic heterocycles. The van der Waals surface area contributed by atoms with E-state index in [0.717, 1.165) is 0 Å². The fourth-order valence-corrected chi connectivity index (χ4v) is 2.29. The zero-order valence-corrected chi connectivity index (χ0v) is 13.8. The summed E-state index contributed by atoms with van der Waals surface area (Å²) in [5.41, 5.74) is 0.107. The number of hydrogen-bond acceptors (Lipinski definition) is 5. The Morgan fingerprint density at radius 1 is 0.870 bits per heavy atom. The van der Waals surface area contributed by atoms with Crippen LogP contribution in [0.3, 0.4) is 0 Å². The molecule has 2 aromatic carbocycles. The number of ether oxygens (including phenoxy) is 3. The Bertz CT molecular complexity index is 758. The average Bonchev–Trinajstić information content (AvgIpc) is 2.55. The molecule has 0 spiro atoms. The van der Waals surface area contributed by atoms with Crippen LogP contribution in [0.5, 0.6) is 11.5 Å². The number of benzene rings is 2. The summed E-state index contributed by atoms with van der Waals surface area (Å²) in [6, 6.07) is 9.05. The number of methoxy groups -OCH3 is 2. The zero-order valence-electron chi connectivity index (χ0n) is 12.3. The van der Waals surface area contributed by atoms with E-state index in [4.69, 9.17) is 27.9 Å². The third-order valence-electron chi connectivity index (χ3n) is 2.92. The molecule has 0 saturated heterocycles. The molecule has 2 rings (SSSR count). The molecule has 2 aromatic rings. The summed E-state index contributed by atoms with van der Waals surface area (Å²) in [5.74, 6) is -0.667. The monoisotopic (exact) mass is 354 g/mol. The van der Waals surface area contributed by atoms with Crippen molar-refractivity contribution >= 4 is 35.1 Å². The second-order valence-electron chi connectivity index (χ2n) is 4.37. The quantitative estimate of drug-likeness (QED) is 0.763. The lowest BCUT2D eigenvalue weighted by molar-refractivity contribution is 0.0555. The molecule has 0 atom stereocenters. The number of halogens is 2. The van der Waals surface area contributed by atoms with Crippen LogP contribution in [0.25, 0.3) is 0 Å². The van der Waals surface area contributed by atoms with Crippen LogP contribution in [0, 0.1) is 0 Å². The Balaban J connectivity index is 2.40. The highest BCUT2D eigenvalue weighted by atomic mass is 35.5. The molecule has 0 aromatic heterocycles. The standard InChI is InChI=1S/C16H12Cl2O5/c1-21-15(19)11-5-4-10(8-12(11)16(20)22-2)23-14-6-3-9(17)7-13(14)18/h3-8H,1-2H3. The number of esters is 2. The van der Waals surface area contributed by atoms with Gasteiger partial charge in [-0.1, -0.05) is 23.2 Å². The first kappa shape index (κ1) is 17.1. The lowest BCUT2D eigenvalue weighted by Gasteiger charge is -2.11. The van der Waals surface area contributed by atoms with E-state index in [0.29, 0.717) is 21.5 Å². The Morgan fingerprint density at radius 2 is 1.52 bits per heavy atom. The molecule has 0 aliphatic carbocycles. The van der Waals surface area contributed by atoms with Crippen molar-refractivity contribution in [2.75, 3.05) is 14.2 Å². The van der Waals surface area contributed by atoms with Gasteiger partial charge in [0.1, 0.15) is 11.5 Å². The predicted octanol–water partition coefficient (Wildman–Crippen LogP) is 4.36. The van der Waals surface area contributed by atoms with E-state index >= 15 is 0 Å². The molecule has 5 nitrogen and oxygen atoms in total. The first-order chi connectivity index (χ1) is 11.0. The summed E-state index contributed by atoms with van der Waals surface area (Å²) < 4.78 is 14.9. The highest BCUT2D eigenvalue weighted by molar-refractivity contribution is 6.35. The number of carbonyl (C=O) groups is 2. The topological polar surface area (TPSA) is 61.8 Å². The minimum Gasteiger partial charge on any atom is -0.465 e. The van der Waals surface area contributed by atoms with Crippen molar-refractivity contribution in [3.63, 3.8) is 0 Å². The molecule has 23 heavy (non-hydrogen) atoms. The van der Waals surface area contributed by atoms with Crippen LogP contribution in [-0.4, -0.2) is 26.2 Å². The van der Waals surface area contributed by atoms with E-state index in [-0.39, 0.29) is 11.1 Å². The van der Waals surface area contributed by atoms with Gasteiger partial charge in [-0.2, -0.15) is 0 Å². The van der Waals surface area contributed by atoms with Crippen molar-refractivity contribution in [2.24, 2.45) is 0 Å². The van der Waals surface area contributed by atoms with Crippen LogP contribution in [0.15, 0.2) is 36.4 Å². The number of hydrogen-bond donors (Lipinski definition) is 0. The fraction of sp³-hybridized carbons (Fsp3) is 0.125. The first-order valence-electron chi connectivity index (χ1n) is 6.40. The summed E-state index contributed by atoms with van der Waals surface area (Å²) >= 11 is 11.9. The third kappa shape index (κ3) is 3.94. The van der Waals surface area contributed by atoms with Gasteiger partial charge in [-0.3, -0.25) is 0 Å². The summed E-state index contributed by atoms with van der Waals surface area (Å²) in [7, 11) is 2.44. The molecular weight excluding hydrogens is 343 g/mol. The molecule has 0 N–H and O–H groups in total. The van der Waals surface area contributed by atoms with E-state index in [1.807, 2.05) is 0 Å². The largest absolute Gasteiger partial charge is 0.465 e. The second-order valence-corrected chi connectivity index (χ2v) is 5.21. The third-order valence-corrected chi connectivity index (χ3v) is 3.45. The summed E-state index contributed by atoms with van der Waals surface area (Å²) in [6.45, 7) is 0. The number of carbonyl (C=O) groups excluding carboxylic acids is 2. The van der Waals surface area contributed by atoms with Gasteiger partial charge in [0, 0.05) is 5.02 Å². The van der Waals surface area contributed by atoms with Crippen molar-refractivity contribution in [2.45, 2.75) is 0 Å². The van der Waals surface area contributed by atoms with Gasteiger partial charge in [0.2, 0.25) is 0 Å². The van der Waals surface area contributed by atoms with Crippen LogP contribution >= 0.6 is 23.2 Å².